The van der Waals surface area contributed by atoms with E-state index >= 15 is 0 Å². The third-order valence-electron chi connectivity index (χ3n) is 3.51. The fourth-order valence-corrected chi connectivity index (χ4v) is 2.22. The van der Waals surface area contributed by atoms with Crippen molar-refractivity contribution < 1.29 is 19.4 Å². The summed E-state index contributed by atoms with van der Waals surface area (Å²) in [5.41, 5.74) is -0.600. The highest BCUT2D eigenvalue weighted by molar-refractivity contribution is 5.75. The van der Waals surface area contributed by atoms with Crippen LogP contribution in [0.1, 0.15) is 26.2 Å². The molecule has 0 saturated carbocycles. The summed E-state index contributed by atoms with van der Waals surface area (Å²) < 4.78 is 10.2. The van der Waals surface area contributed by atoms with Crippen molar-refractivity contribution >= 4 is 5.97 Å². The summed E-state index contributed by atoms with van der Waals surface area (Å²) in [5.74, 6) is -0.548. The van der Waals surface area contributed by atoms with E-state index in [2.05, 4.69) is 0 Å². The first-order chi connectivity index (χ1) is 7.13. The summed E-state index contributed by atoms with van der Waals surface area (Å²) in [6.45, 7) is 3.74. The van der Waals surface area contributed by atoms with Gasteiger partial charge in [0.15, 0.2) is 0 Å². The van der Waals surface area contributed by atoms with Crippen LogP contribution in [0.4, 0.5) is 0 Å². The van der Waals surface area contributed by atoms with Gasteiger partial charge in [0, 0.05) is 26.9 Å². The minimum absolute atomic E-state index is 0.138. The Labute approximate surface area is 90.6 Å². The SMILES string of the molecule is COCCC(C)C1(C(=O)O)CCOCC1. The van der Waals surface area contributed by atoms with Gasteiger partial charge in [-0.2, -0.15) is 0 Å². The molecule has 1 fully saturated rings. The molecule has 0 radical (unpaired) electrons. The maximum atomic E-state index is 11.4. The second kappa shape index (κ2) is 5.47. The average Bonchev–Trinajstić information content (AvgIpc) is 2.26. The van der Waals surface area contributed by atoms with Gasteiger partial charge >= 0.3 is 5.97 Å². The zero-order valence-electron chi connectivity index (χ0n) is 9.49. The molecule has 4 nitrogen and oxygen atoms in total. The maximum absolute atomic E-state index is 11.4. The number of rotatable bonds is 5. The topological polar surface area (TPSA) is 55.8 Å². The van der Waals surface area contributed by atoms with E-state index in [9.17, 15) is 9.90 Å². The van der Waals surface area contributed by atoms with Crippen LogP contribution in [-0.4, -0.2) is 38.0 Å². The molecule has 88 valence electrons. The summed E-state index contributed by atoms with van der Waals surface area (Å²) in [6, 6.07) is 0. The molecule has 0 aromatic carbocycles. The lowest BCUT2D eigenvalue weighted by molar-refractivity contribution is -0.160. The van der Waals surface area contributed by atoms with Gasteiger partial charge in [0.05, 0.1) is 5.41 Å². The standard InChI is InChI=1S/C11H20O4/c1-9(3-6-14-2)11(10(12)13)4-7-15-8-5-11/h9H,3-8H2,1-2H3,(H,12,13). The van der Waals surface area contributed by atoms with Crippen molar-refractivity contribution in [1.29, 1.82) is 0 Å². The molecule has 1 unspecified atom stereocenters. The van der Waals surface area contributed by atoms with E-state index in [0.717, 1.165) is 6.42 Å². The maximum Gasteiger partial charge on any atom is 0.310 e. The van der Waals surface area contributed by atoms with Gasteiger partial charge in [-0.3, -0.25) is 4.79 Å². The zero-order valence-corrected chi connectivity index (χ0v) is 9.49. The van der Waals surface area contributed by atoms with Gasteiger partial charge in [-0.15, -0.1) is 0 Å². The van der Waals surface area contributed by atoms with E-state index < -0.39 is 11.4 Å². The molecule has 0 aromatic rings. The number of carboxylic acid groups (broad SMARTS) is 1. The van der Waals surface area contributed by atoms with Gasteiger partial charge < -0.3 is 14.6 Å². The predicted octanol–water partition coefficient (Wildman–Crippen LogP) is 1.54. The monoisotopic (exact) mass is 216 g/mol. The van der Waals surface area contributed by atoms with E-state index in [-0.39, 0.29) is 5.92 Å². The molecule has 0 aliphatic carbocycles. The van der Waals surface area contributed by atoms with E-state index in [1.165, 1.54) is 0 Å². The predicted molar refractivity (Wildman–Crippen MR) is 55.8 cm³/mol. The quantitative estimate of drug-likeness (QED) is 0.757. The Morgan fingerprint density at radius 1 is 1.53 bits per heavy atom. The van der Waals surface area contributed by atoms with Crippen molar-refractivity contribution in [3.63, 3.8) is 0 Å². The smallest absolute Gasteiger partial charge is 0.310 e. The summed E-state index contributed by atoms with van der Waals surface area (Å²) in [6.07, 6.45) is 2.03. The van der Waals surface area contributed by atoms with Crippen molar-refractivity contribution in [2.75, 3.05) is 26.9 Å². The van der Waals surface area contributed by atoms with E-state index in [4.69, 9.17) is 9.47 Å². The highest BCUT2D eigenvalue weighted by Crippen LogP contribution is 2.40. The summed E-state index contributed by atoms with van der Waals surface area (Å²) in [7, 11) is 1.64. The van der Waals surface area contributed by atoms with Crippen LogP contribution >= 0.6 is 0 Å². The van der Waals surface area contributed by atoms with Crippen molar-refractivity contribution in [2.45, 2.75) is 26.2 Å². The Kier molecular flexibility index (Phi) is 4.54. The first-order valence-corrected chi connectivity index (χ1v) is 5.43. The van der Waals surface area contributed by atoms with Crippen LogP contribution < -0.4 is 0 Å². The van der Waals surface area contributed by atoms with E-state index in [0.29, 0.717) is 32.7 Å². The lowest BCUT2D eigenvalue weighted by Crippen LogP contribution is -2.42. The Balaban J connectivity index is 2.66. The molecular weight excluding hydrogens is 196 g/mol. The molecular formula is C11H20O4. The highest BCUT2D eigenvalue weighted by Gasteiger charge is 2.44. The van der Waals surface area contributed by atoms with Crippen LogP contribution in [0.25, 0.3) is 0 Å². The van der Waals surface area contributed by atoms with Crippen molar-refractivity contribution in [2.24, 2.45) is 11.3 Å². The first-order valence-electron chi connectivity index (χ1n) is 5.43. The average molecular weight is 216 g/mol. The molecule has 1 rings (SSSR count). The number of carboxylic acids is 1. The second-order valence-corrected chi connectivity index (χ2v) is 4.26. The van der Waals surface area contributed by atoms with Crippen LogP contribution in [0, 0.1) is 11.3 Å². The number of aliphatic carboxylic acids is 1. The molecule has 1 heterocycles. The number of methoxy groups -OCH3 is 1. The molecule has 1 aliphatic rings. The molecule has 0 spiro atoms. The molecule has 1 atom stereocenters. The summed E-state index contributed by atoms with van der Waals surface area (Å²) in [5, 5.41) is 9.36. The summed E-state index contributed by atoms with van der Waals surface area (Å²) >= 11 is 0. The van der Waals surface area contributed by atoms with Crippen LogP contribution in [0.15, 0.2) is 0 Å². The van der Waals surface area contributed by atoms with Crippen LogP contribution in [0.5, 0.6) is 0 Å². The Bertz CT molecular complexity index is 209. The third-order valence-corrected chi connectivity index (χ3v) is 3.51. The zero-order chi connectivity index (χ0) is 11.3. The lowest BCUT2D eigenvalue weighted by atomic mass is 9.69. The molecule has 0 aromatic heterocycles. The molecule has 4 heteroatoms. The molecule has 0 amide bonds. The number of carbonyl (C=O) groups is 1. The molecule has 15 heavy (non-hydrogen) atoms. The first kappa shape index (κ1) is 12.5. The molecule has 1 N–H and O–H groups in total. The van der Waals surface area contributed by atoms with Crippen LogP contribution in [0.2, 0.25) is 0 Å². The minimum Gasteiger partial charge on any atom is -0.481 e. The molecule has 1 aliphatic heterocycles. The van der Waals surface area contributed by atoms with E-state index in [1.54, 1.807) is 7.11 Å². The van der Waals surface area contributed by atoms with Gasteiger partial charge in [0.2, 0.25) is 0 Å². The second-order valence-electron chi connectivity index (χ2n) is 4.26. The van der Waals surface area contributed by atoms with Crippen LogP contribution in [-0.2, 0) is 14.3 Å². The summed E-state index contributed by atoms with van der Waals surface area (Å²) in [4.78, 5) is 11.4. The van der Waals surface area contributed by atoms with E-state index in [1.807, 2.05) is 6.92 Å². The minimum atomic E-state index is -0.686. The van der Waals surface area contributed by atoms with Crippen LogP contribution in [0.3, 0.4) is 0 Å². The van der Waals surface area contributed by atoms with Gasteiger partial charge in [-0.05, 0) is 25.2 Å². The lowest BCUT2D eigenvalue weighted by Gasteiger charge is -2.38. The van der Waals surface area contributed by atoms with Gasteiger partial charge in [-0.1, -0.05) is 6.92 Å². The van der Waals surface area contributed by atoms with Crippen molar-refractivity contribution in [1.82, 2.24) is 0 Å². The molecule has 1 saturated heterocycles. The number of hydrogen-bond donors (Lipinski definition) is 1. The van der Waals surface area contributed by atoms with Gasteiger partial charge in [0.25, 0.3) is 0 Å². The van der Waals surface area contributed by atoms with Crippen molar-refractivity contribution in [3.8, 4) is 0 Å². The number of ether oxygens (including phenoxy) is 2. The van der Waals surface area contributed by atoms with Gasteiger partial charge in [0.1, 0.15) is 0 Å². The van der Waals surface area contributed by atoms with Gasteiger partial charge in [-0.25, -0.2) is 0 Å². The third kappa shape index (κ3) is 2.69. The largest absolute Gasteiger partial charge is 0.481 e. The Hall–Kier alpha value is -0.610. The fourth-order valence-electron chi connectivity index (χ4n) is 2.22. The van der Waals surface area contributed by atoms with Crippen molar-refractivity contribution in [3.05, 3.63) is 0 Å². The highest BCUT2D eigenvalue weighted by atomic mass is 16.5. The Morgan fingerprint density at radius 2 is 2.13 bits per heavy atom. The molecule has 0 bridgehead atoms. The normalized spacial score (nSPS) is 22.3. The number of hydrogen-bond acceptors (Lipinski definition) is 3. The fraction of sp³-hybridized carbons (Fsp3) is 0.909. The Morgan fingerprint density at radius 3 is 2.60 bits per heavy atom.